The second-order valence-electron chi connectivity index (χ2n) is 10.6. The number of H-pyrrole nitrogens is 1. The van der Waals surface area contributed by atoms with Crippen LogP contribution in [0.5, 0.6) is 0 Å². The van der Waals surface area contributed by atoms with E-state index in [0.717, 1.165) is 31.2 Å². The van der Waals surface area contributed by atoms with Crippen LogP contribution in [-0.4, -0.2) is 48.5 Å². The number of hydrogen-bond acceptors (Lipinski definition) is 6. The van der Waals surface area contributed by atoms with E-state index in [0.29, 0.717) is 41.6 Å². The molecule has 0 saturated heterocycles. The number of anilines is 2. The average Bonchev–Trinajstić information content (AvgIpc) is 3.56. The topological polar surface area (TPSA) is 109 Å². The molecule has 4 fully saturated rings. The highest BCUT2D eigenvalue weighted by molar-refractivity contribution is 5.70. The van der Waals surface area contributed by atoms with Crippen LogP contribution in [0.15, 0.2) is 42.7 Å². The SMILES string of the molecule is O=C(NC12CC(C1)C2)O[C@H]1CC[C@@H](c2cc(Nc3nc(-c4cc(F)cc(F)c4)cc4nccn34)n[nH]2)[C@@H]1F. The van der Waals surface area contributed by atoms with Crippen LogP contribution in [0, 0.1) is 17.6 Å². The molecule has 3 heterocycles. The van der Waals surface area contributed by atoms with Crippen LogP contribution in [-0.2, 0) is 4.74 Å². The molecule has 0 aliphatic heterocycles. The van der Waals surface area contributed by atoms with Gasteiger partial charge in [-0.05, 0) is 50.2 Å². The van der Waals surface area contributed by atoms with Crippen molar-refractivity contribution in [1.29, 1.82) is 0 Å². The minimum Gasteiger partial charge on any atom is -0.443 e. The zero-order valence-electron chi connectivity index (χ0n) is 20.1. The molecule has 0 spiro atoms. The first kappa shape index (κ1) is 23.1. The second-order valence-corrected chi connectivity index (χ2v) is 10.6. The molecule has 196 valence electrons. The van der Waals surface area contributed by atoms with Gasteiger partial charge in [-0.1, -0.05) is 0 Å². The minimum absolute atomic E-state index is 0.121. The van der Waals surface area contributed by atoms with Gasteiger partial charge >= 0.3 is 6.09 Å². The zero-order chi connectivity index (χ0) is 26.0. The molecule has 1 aromatic carbocycles. The van der Waals surface area contributed by atoms with Crippen LogP contribution in [0.3, 0.4) is 0 Å². The van der Waals surface area contributed by atoms with Gasteiger partial charge < -0.3 is 15.4 Å². The molecule has 8 rings (SSSR count). The average molecular weight is 524 g/mol. The number of amides is 1. The van der Waals surface area contributed by atoms with E-state index in [9.17, 15) is 13.6 Å². The summed E-state index contributed by atoms with van der Waals surface area (Å²) < 4.78 is 50.0. The van der Waals surface area contributed by atoms with Crippen LogP contribution in [0.1, 0.15) is 43.7 Å². The van der Waals surface area contributed by atoms with Crippen molar-refractivity contribution in [3.05, 3.63) is 60.1 Å². The molecule has 0 unspecified atom stereocenters. The number of carbonyl (C=O) groups is 1. The predicted molar refractivity (Wildman–Crippen MR) is 131 cm³/mol. The number of alkyl halides is 1. The lowest BCUT2D eigenvalue weighted by atomic mass is 9.50. The summed E-state index contributed by atoms with van der Waals surface area (Å²) in [4.78, 5) is 21.1. The molecule has 1 amide bonds. The smallest absolute Gasteiger partial charge is 0.407 e. The van der Waals surface area contributed by atoms with Gasteiger partial charge in [-0.2, -0.15) is 5.10 Å². The molecular weight excluding hydrogens is 499 g/mol. The number of fused-ring (bicyclic) bond motifs is 1. The van der Waals surface area contributed by atoms with E-state index in [-0.39, 0.29) is 11.1 Å². The number of ether oxygens (including phenoxy) is 1. The Balaban J connectivity index is 1.07. The van der Waals surface area contributed by atoms with Crippen molar-refractivity contribution in [3.8, 4) is 11.3 Å². The Bertz CT molecular complexity index is 1520. The molecule has 12 heteroatoms. The monoisotopic (exact) mass is 523 g/mol. The molecule has 38 heavy (non-hydrogen) atoms. The largest absolute Gasteiger partial charge is 0.443 e. The van der Waals surface area contributed by atoms with Gasteiger partial charge in [-0.3, -0.25) is 9.50 Å². The van der Waals surface area contributed by atoms with Crippen LogP contribution in [0.25, 0.3) is 16.9 Å². The Morgan fingerprint density at radius 3 is 2.63 bits per heavy atom. The Morgan fingerprint density at radius 1 is 1.11 bits per heavy atom. The Hall–Kier alpha value is -4.09. The summed E-state index contributed by atoms with van der Waals surface area (Å²) in [6.45, 7) is 0. The predicted octanol–water partition coefficient (Wildman–Crippen LogP) is 5.00. The number of alkyl carbamates (subject to hydrolysis) is 1. The van der Waals surface area contributed by atoms with Crippen molar-refractivity contribution >= 4 is 23.5 Å². The van der Waals surface area contributed by atoms with Gasteiger partial charge in [0.05, 0.1) is 5.69 Å². The molecule has 4 aromatic rings. The van der Waals surface area contributed by atoms with E-state index < -0.39 is 35.9 Å². The van der Waals surface area contributed by atoms with Gasteiger partial charge in [0, 0.05) is 53.3 Å². The van der Waals surface area contributed by atoms with Gasteiger partial charge in [-0.15, -0.1) is 0 Å². The summed E-state index contributed by atoms with van der Waals surface area (Å²) >= 11 is 0. The van der Waals surface area contributed by atoms with E-state index in [2.05, 4.69) is 30.8 Å². The van der Waals surface area contributed by atoms with Gasteiger partial charge in [0.2, 0.25) is 5.95 Å². The van der Waals surface area contributed by atoms with Crippen molar-refractivity contribution in [3.63, 3.8) is 0 Å². The molecule has 3 atom stereocenters. The van der Waals surface area contributed by atoms with E-state index in [4.69, 9.17) is 4.74 Å². The number of carbonyl (C=O) groups excluding carboxylic acids is 1. The number of halogens is 3. The normalized spacial score (nSPS) is 27.6. The van der Waals surface area contributed by atoms with Crippen LogP contribution in [0.4, 0.5) is 29.7 Å². The van der Waals surface area contributed by atoms with Crippen molar-refractivity contribution in [2.75, 3.05) is 5.32 Å². The quantitative estimate of drug-likeness (QED) is 0.328. The number of imidazole rings is 1. The molecule has 9 nitrogen and oxygen atoms in total. The minimum atomic E-state index is -1.37. The Kier molecular flexibility index (Phi) is 5.14. The number of nitrogens with zero attached hydrogens (tertiary/aromatic N) is 4. The van der Waals surface area contributed by atoms with Crippen molar-refractivity contribution in [2.45, 2.75) is 55.8 Å². The molecule has 4 saturated carbocycles. The van der Waals surface area contributed by atoms with Gasteiger partial charge in [0.1, 0.15) is 29.6 Å². The maximum atomic E-state index is 15.3. The number of aromatic amines is 1. The highest BCUT2D eigenvalue weighted by atomic mass is 19.1. The fraction of sp³-hybridized carbons (Fsp3) is 0.385. The first-order valence-electron chi connectivity index (χ1n) is 12.6. The third-order valence-electron chi connectivity index (χ3n) is 7.95. The van der Waals surface area contributed by atoms with E-state index in [1.165, 1.54) is 12.1 Å². The Labute approximate surface area is 214 Å². The fourth-order valence-electron chi connectivity index (χ4n) is 5.95. The maximum absolute atomic E-state index is 15.3. The van der Waals surface area contributed by atoms with Crippen LogP contribution < -0.4 is 10.6 Å². The lowest BCUT2D eigenvalue weighted by Gasteiger charge is -2.61. The first-order valence-corrected chi connectivity index (χ1v) is 12.6. The summed E-state index contributed by atoms with van der Waals surface area (Å²) in [5, 5.41) is 13.1. The molecule has 3 aromatic heterocycles. The third kappa shape index (κ3) is 3.95. The maximum Gasteiger partial charge on any atom is 0.407 e. The number of rotatable bonds is 6. The third-order valence-corrected chi connectivity index (χ3v) is 7.95. The number of hydrogen-bond donors (Lipinski definition) is 3. The molecular formula is C26H24F3N7O2. The molecule has 0 radical (unpaired) electrons. The second kappa shape index (κ2) is 8.47. The summed E-state index contributed by atoms with van der Waals surface area (Å²) in [6.07, 6.45) is 4.40. The standard InChI is InChI=1S/C26H24F3N7O2/c27-15-5-14(6-16(28)7-15)18-9-22-30-3-4-36(22)24(31-18)32-21-8-19(34-35-21)17-1-2-20(23(17)29)38-25(37)33-26-10-13(11-26)12-26/h3-9,13,17,20,23H,1-2,10-12H2,(H,33,37)(H2,31,32,34,35)/t13?,17-,20-,23-,26?/m0/s1. The highest BCUT2D eigenvalue weighted by Crippen LogP contribution is 2.57. The summed E-state index contributed by atoms with van der Waals surface area (Å²) in [7, 11) is 0. The van der Waals surface area contributed by atoms with Gasteiger partial charge in [0.25, 0.3) is 0 Å². The lowest BCUT2D eigenvalue weighted by Crippen LogP contribution is -2.68. The van der Waals surface area contributed by atoms with Gasteiger partial charge in [0.15, 0.2) is 5.82 Å². The van der Waals surface area contributed by atoms with Crippen molar-refractivity contribution in [1.82, 2.24) is 29.9 Å². The molecule has 4 aliphatic carbocycles. The van der Waals surface area contributed by atoms with Crippen molar-refractivity contribution < 1.29 is 22.7 Å². The highest BCUT2D eigenvalue weighted by Gasteiger charge is 2.58. The lowest BCUT2D eigenvalue weighted by molar-refractivity contribution is -0.0532. The summed E-state index contributed by atoms with van der Waals surface area (Å²) in [5.41, 5.74) is 1.53. The fourth-order valence-corrected chi connectivity index (χ4v) is 5.95. The van der Waals surface area contributed by atoms with E-state index >= 15 is 4.39 Å². The van der Waals surface area contributed by atoms with Crippen molar-refractivity contribution in [2.24, 2.45) is 5.92 Å². The Morgan fingerprint density at radius 2 is 1.89 bits per heavy atom. The van der Waals surface area contributed by atoms with Crippen LogP contribution >= 0.6 is 0 Å². The number of aromatic nitrogens is 5. The number of nitrogens with one attached hydrogen (secondary N) is 3. The first-order chi connectivity index (χ1) is 18.3. The molecule has 4 aliphatic rings. The van der Waals surface area contributed by atoms with Gasteiger partial charge in [-0.25, -0.2) is 27.9 Å². The summed E-state index contributed by atoms with van der Waals surface area (Å²) in [5.74, 6) is -0.528. The number of benzene rings is 1. The van der Waals surface area contributed by atoms with Crippen LogP contribution in [0.2, 0.25) is 0 Å². The molecule has 2 bridgehead atoms. The zero-order valence-corrected chi connectivity index (χ0v) is 20.1. The van der Waals surface area contributed by atoms with E-state index in [1.807, 2.05) is 0 Å². The molecule has 3 N–H and O–H groups in total. The summed E-state index contributed by atoms with van der Waals surface area (Å²) in [6, 6.07) is 6.47. The van der Waals surface area contributed by atoms with E-state index in [1.54, 1.807) is 28.9 Å².